The molecule has 0 amide bonds. The van der Waals surface area contributed by atoms with Crippen LogP contribution in [0, 0.1) is 3.57 Å². The summed E-state index contributed by atoms with van der Waals surface area (Å²) < 4.78 is 6.65. The quantitative estimate of drug-likeness (QED) is 0.786. The fourth-order valence-corrected chi connectivity index (χ4v) is 3.10. The van der Waals surface area contributed by atoms with Crippen LogP contribution in [-0.2, 0) is 13.0 Å². The molecule has 0 aromatic heterocycles. The highest BCUT2D eigenvalue weighted by Crippen LogP contribution is 2.27. The van der Waals surface area contributed by atoms with E-state index in [1.807, 2.05) is 18.2 Å². The van der Waals surface area contributed by atoms with Crippen molar-refractivity contribution in [1.29, 1.82) is 0 Å². The second-order valence-corrected chi connectivity index (χ2v) is 6.17. The van der Waals surface area contributed by atoms with Crippen LogP contribution in [0.4, 0.5) is 5.69 Å². The number of hydrogen-bond donors (Lipinski definition) is 1. The Hall–Kier alpha value is -0.940. The zero-order valence-electron chi connectivity index (χ0n) is 10.2. The van der Waals surface area contributed by atoms with E-state index >= 15 is 0 Å². The molecule has 2 aromatic carbocycles. The zero-order valence-corrected chi connectivity index (χ0v) is 13.2. The molecule has 3 rings (SSSR count). The van der Waals surface area contributed by atoms with E-state index in [9.17, 15) is 0 Å². The largest absolute Gasteiger partial charge is 0.493 e. The molecule has 0 saturated heterocycles. The Morgan fingerprint density at radius 1 is 1.21 bits per heavy atom. The number of rotatable bonds is 3. The van der Waals surface area contributed by atoms with Gasteiger partial charge in [-0.05, 0) is 58.0 Å². The highest BCUT2D eigenvalue weighted by Gasteiger charge is 2.11. The summed E-state index contributed by atoms with van der Waals surface area (Å²) in [6.07, 6.45) is 1.01. The van der Waals surface area contributed by atoms with Crippen molar-refractivity contribution >= 4 is 39.9 Å². The van der Waals surface area contributed by atoms with Crippen molar-refractivity contribution in [3.8, 4) is 5.75 Å². The van der Waals surface area contributed by atoms with Gasteiger partial charge in [0.05, 0.1) is 17.3 Å². The Labute approximate surface area is 131 Å². The Kier molecular flexibility index (Phi) is 3.84. The van der Waals surface area contributed by atoms with E-state index in [0.29, 0.717) is 0 Å². The minimum atomic E-state index is 0.761. The van der Waals surface area contributed by atoms with Crippen LogP contribution >= 0.6 is 34.2 Å². The summed E-state index contributed by atoms with van der Waals surface area (Å²) in [4.78, 5) is 0. The van der Waals surface area contributed by atoms with Crippen molar-refractivity contribution in [1.82, 2.24) is 0 Å². The van der Waals surface area contributed by atoms with Gasteiger partial charge < -0.3 is 10.1 Å². The van der Waals surface area contributed by atoms with Crippen molar-refractivity contribution in [2.24, 2.45) is 0 Å². The number of nitrogens with one attached hydrogen (secondary N) is 1. The average Bonchev–Trinajstić information content (AvgIpc) is 2.85. The monoisotopic (exact) mass is 385 g/mol. The highest BCUT2D eigenvalue weighted by molar-refractivity contribution is 14.1. The van der Waals surface area contributed by atoms with E-state index in [0.717, 1.165) is 39.6 Å². The molecule has 0 atom stereocenters. The summed E-state index contributed by atoms with van der Waals surface area (Å²) in [6, 6.07) is 12.4. The van der Waals surface area contributed by atoms with Crippen molar-refractivity contribution < 1.29 is 4.74 Å². The molecule has 0 fully saturated rings. The first-order chi connectivity index (χ1) is 9.22. The van der Waals surface area contributed by atoms with Crippen molar-refractivity contribution in [3.63, 3.8) is 0 Å². The molecule has 98 valence electrons. The number of anilines is 1. The molecule has 4 heteroatoms. The van der Waals surface area contributed by atoms with Crippen molar-refractivity contribution in [3.05, 3.63) is 56.1 Å². The van der Waals surface area contributed by atoms with Crippen molar-refractivity contribution in [2.75, 3.05) is 11.9 Å². The summed E-state index contributed by atoms with van der Waals surface area (Å²) in [5.74, 6) is 1.02. The smallest absolute Gasteiger partial charge is 0.122 e. The topological polar surface area (TPSA) is 21.3 Å². The van der Waals surface area contributed by atoms with Gasteiger partial charge in [-0.25, -0.2) is 0 Å². The maximum atomic E-state index is 6.20. The van der Waals surface area contributed by atoms with Crippen LogP contribution in [0.2, 0.25) is 5.02 Å². The van der Waals surface area contributed by atoms with E-state index in [1.165, 1.54) is 11.1 Å². The number of hydrogen-bond acceptors (Lipinski definition) is 2. The molecule has 2 nitrogen and oxygen atoms in total. The van der Waals surface area contributed by atoms with Gasteiger partial charge in [-0.1, -0.05) is 23.7 Å². The summed E-state index contributed by atoms with van der Waals surface area (Å²) in [5, 5.41) is 4.13. The molecule has 1 aliphatic heterocycles. The number of ether oxygens (including phenoxy) is 1. The SMILES string of the molecule is Clc1cc(I)ccc1NCc1ccc2c(c1)CCO2. The van der Waals surface area contributed by atoms with Gasteiger partial charge in [0.15, 0.2) is 0 Å². The van der Waals surface area contributed by atoms with Crippen molar-refractivity contribution in [2.45, 2.75) is 13.0 Å². The fourth-order valence-electron chi connectivity index (χ4n) is 2.18. The third-order valence-corrected chi connectivity index (χ3v) is 4.15. The average molecular weight is 386 g/mol. The summed E-state index contributed by atoms with van der Waals surface area (Å²) in [6.45, 7) is 1.57. The number of halogens is 2. The lowest BCUT2D eigenvalue weighted by Crippen LogP contribution is -2.00. The highest BCUT2D eigenvalue weighted by atomic mass is 127. The molecule has 0 aliphatic carbocycles. The minimum Gasteiger partial charge on any atom is -0.493 e. The lowest BCUT2D eigenvalue weighted by atomic mass is 10.1. The van der Waals surface area contributed by atoms with Crippen LogP contribution in [0.25, 0.3) is 0 Å². The first-order valence-corrected chi connectivity index (χ1v) is 7.61. The summed E-state index contributed by atoms with van der Waals surface area (Å²) in [5.41, 5.74) is 3.52. The Balaban J connectivity index is 1.72. The Morgan fingerprint density at radius 2 is 2.11 bits per heavy atom. The summed E-state index contributed by atoms with van der Waals surface area (Å²) in [7, 11) is 0. The van der Waals surface area contributed by atoms with Crippen LogP contribution < -0.4 is 10.1 Å². The molecule has 0 unspecified atom stereocenters. The predicted octanol–water partition coefficient (Wildman–Crippen LogP) is 4.49. The molecular weight excluding hydrogens is 373 g/mol. The maximum absolute atomic E-state index is 6.20. The Morgan fingerprint density at radius 3 is 2.95 bits per heavy atom. The van der Waals surface area contributed by atoms with Gasteiger partial charge in [-0.2, -0.15) is 0 Å². The predicted molar refractivity (Wildman–Crippen MR) is 87.1 cm³/mol. The van der Waals surface area contributed by atoms with E-state index < -0.39 is 0 Å². The summed E-state index contributed by atoms with van der Waals surface area (Å²) >= 11 is 8.46. The lowest BCUT2D eigenvalue weighted by Gasteiger charge is -2.09. The molecule has 1 aliphatic rings. The van der Waals surface area contributed by atoms with Crippen LogP contribution in [0.15, 0.2) is 36.4 Å². The zero-order chi connectivity index (χ0) is 13.2. The fraction of sp³-hybridized carbons (Fsp3) is 0.200. The van der Waals surface area contributed by atoms with E-state index in [2.05, 4.69) is 46.1 Å². The number of benzene rings is 2. The van der Waals surface area contributed by atoms with Crippen LogP contribution in [-0.4, -0.2) is 6.61 Å². The van der Waals surface area contributed by atoms with E-state index in [-0.39, 0.29) is 0 Å². The normalized spacial score (nSPS) is 12.9. The van der Waals surface area contributed by atoms with Crippen LogP contribution in [0.3, 0.4) is 0 Å². The van der Waals surface area contributed by atoms with Gasteiger partial charge in [-0.3, -0.25) is 0 Å². The van der Waals surface area contributed by atoms with Gasteiger partial charge in [0.2, 0.25) is 0 Å². The molecule has 0 spiro atoms. The second kappa shape index (κ2) is 5.59. The van der Waals surface area contributed by atoms with Gasteiger partial charge in [0.1, 0.15) is 5.75 Å². The first-order valence-electron chi connectivity index (χ1n) is 6.16. The van der Waals surface area contributed by atoms with Gasteiger partial charge in [0, 0.05) is 16.5 Å². The maximum Gasteiger partial charge on any atom is 0.122 e. The standard InChI is InChI=1S/C15H13ClINO/c16-13-8-12(17)2-3-14(13)18-9-10-1-4-15-11(7-10)5-6-19-15/h1-4,7-8,18H,5-6,9H2. The van der Waals surface area contributed by atoms with Crippen LogP contribution in [0.5, 0.6) is 5.75 Å². The molecule has 0 radical (unpaired) electrons. The van der Waals surface area contributed by atoms with Gasteiger partial charge >= 0.3 is 0 Å². The molecule has 19 heavy (non-hydrogen) atoms. The third-order valence-electron chi connectivity index (χ3n) is 3.17. The lowest BCUT2D eigenvalue weighted by molar-refractivity contribution is 0.357. The van der Waals surface area contributed by atoms with Crippen LogP contribution in [0.1, 0.15) is 11.1 Å². The van der Waals surface area contributed by atoms with E-state index in [1.54, 1.807) is 0 Å². The Bertz CT molecular complexity index is 615. The minimum absolute atomic E-state index is 0.761. The first kappa shape index (κ1) is 13.1. The second-order valence-electron chi connectivity index (χ2n) is 4.52. The third kappa shape index (κ3) is 2.98. The van der Waals surface area contributed by atoms with Gasteiger partial charge in [0.25, 0.3) is 0 Å². The molecule has 0 saturated carbocycles. The van der Waals surface area contributed by atoms with E-state index in [4.69, 9.17) is 16.3 Å². The molecule has 1 heterocycles. The molecule has 0 bridgehead atoms. The molecule has 2 aromatic rings. The number of fused-ring (bicyclic) bond motifs is 1. The molecular formula is C15H13ClINO. The molecule has 1 N–H and O–H groups in total. The van der Waals surface area contributed by atoms with Gasteiger partial charge in [-0.15, -0.1) is 0 Å².